The van der Waals surface area contributed by atoms with E-state index in [1.807, 2.05) is 11.9 Å². The molecule has 17 heavy (non-hydrogen) atoms. The van der Waals surface area contributed by atoms with Gasteiger partial charge in [-0.3, -0.25) is 0 Å². The monoisotopic (exact) mass is 250 g/mol. The van der Waals surface area contributed by atoms with Gasteiger partial charge < -0.3 is 5.32 Å². The molecule has 0 saturated heterocycles. The second-order valence-electron chi connectivity index (χ2n) is 5.38. The van der Waals surface area contributed by atoms with E-state index in [9.17, 15) is 0 Å². The Morgan fingerprint density at radius 2 is 1.94 bits per heavy atom. The quantitative estimate of drug-likeness (QED) is 0.794. The SMILES string of the molecule is CC(C)c1ccc2c(c1)NC(C(C)C)N(C)S2. The summed E-state index contributed by atoms with van der Waals surface area (Å²) in [6.07, 6.45) is 0.412. The van der Waals surface area contributed by atoms with Crippen LogP contribution in [-0.2, 0) is 0 Å². The van der Waals surface area contributed by atoms with Crippen LogP contribution in [0.4, 0.5) is 5.69 Å². The predicted molar refractivity (Wildman–Crippen MR) is 76.4 cm³/mol. The summed E-state index contributed by atoms with van der Waals surface area (Å²) in [4.78, 5) is 1.33. The van der Waals surface area contributed by atoms with Crippen LogP contribution in [-0.4, -0.2) is 17.5 Å². The zero-order chi connectivity index (χ0) is 12.6. The van der Waals surface area contributed by atoms with E-state index in [-0.39, 0.29) is 0 Å². The first-order valence-electron chi connectivity index (χ1n) is 6.30. The number of fused-ring (bicyclic) bond motifs is 1. The van der Waals surface area contributed by atoms with E-state index in [0.717, 1.165) is 0 Å². The van der Waals surface area contributed by atoms with Crippen LogP contribution >= 0.6 is 11.9 Å². The van der Waals surface area contributed by atoms with E-state index in [1.165, 1.54) is 16.1 Å². The molecule has 0 aliphatic carbocycles. The Morgan fingerprint density at radius 3 is 2.53 bits per heavy atom. The molecule has 0 amide bonds. The lowest BCUT2D eigenvalue weighted by molar-refractivity contribution is 0.347. The van der Waals surface area contributed by atoms with E-state index in [4.69, 9.17) is 0 Å². The highest BCUT2D eigenvalue weighted by atomic mass is 32.2. The van der Waals surface area contributed by atoms with Gasteiger partial charge in [0.2, 0.25) is 0 Å². The molecule has 0 aromatic heterocycles. The second-order valence-corrected chi connectivity index (χ2v) is 6.58. The number of anilines is 1. The molecule has 1 N–H and O–H groups in total. The van der Waals surface area contributed by atoms with E-state index in [0.29, 0.717) is 18.0 Å². The molecular weight excluding hydrogens is 228 g/mol. The molecular formula is C14H22N2S. The maximum Gasteiger partial charge on any atom is 0.0911 e. The molecule has 1 unspecified atom stereocenters. The Bertz CT molecular complexity index is 401. The lowest BCUT2D eigenvalue weighted by atomic mass is 10.0. The van der Waals surface area contributed by atoms with Crippen LogP contribution in [0.2, 0.25) is 0 Å². The number of nitrogens with zero attached hydrogens (tertiary/aromatic N) is 1. The van der Waals surface area contributed by atoms with E-state index < -0.39 is 0 Å². The predicted octanol–water partition coefficient (Wildman–Crippen LogP) is 4.16. The topological polar surface area (TPSA) is 15.3 Å². The van der Waals surface area contributed by atoms with Crippen LogP contribution in [0.15, 0.2) is 23.1 Å². The minimum atomic E-state index is 0.412. The Balaban J connectivity index is 2.30. The van der Waals surface area contributed by atoms with Gasteiger partial charge in [-0.05, 0) is 48.5 Å². The third-order valence-corrected chi connectivity index (χ3v) is 4.31. The first-order chi connectivity index (χ1) is 7.99. The summed E-state index contributed by atoms with van der Waals surface area (Å²) >= 11 is 1.84. The Hall–Kier alpha value is -0.670. The molecule has 0 fully saturated rings. The number of hydrogen-bond acceptors (Lipinski definition) is 3. The molecule has 1 atom stereocenters. The molecule has 1 aliphatic rings. The number of hydrogen-bond donors (Lipinski definition) is 1. The van der Waals surface area contributed by atoms with Crippen LogP contribution < -0.4 is 5.32 Å². The molecule has 1 aliphatic heterocycles. The fourth-order valence-electron chi connectivity index (χ4n) is 2.15. The van der Waals surface area contributed by atoms with Crippen molar-refractivity contribution in [2.24, 2.45) is 5.92 Å². The highest BCUT2D eigenvalue weighted by Gasteiger charge is 2.26. The van der Waals surface area contributed by atoms with Crippen LogP contribution in [0.1, 0.15) is 39.2 Å². The summed E-state index contributed by atoms with van der Waals surface area (Å²) in [5, 5.41) is 3.65. The van der Waals surface area contributed by atoms with Gasteiger partial charge in [-0.25, -0.2) is 4.31 Å². The number of nitrogens with one attached hydrogen (secondary N) is 1. The molecule has 0 saturated carbocycles. The van der Waals surface area contributed by atoms with Crippen molar-refractivity contribution in [1.29, 1.82) is 0 Å². The van der Waals surface area contributed by atoms with Gasteiger partial charge in [-0.1, -0.05) is 33.8 Å². The van der Waals surface area contributed by atoms with Gasteiger partial charge in [0.05, 0.1) is 11.9 Å². The molecule has 2 rings (SSSR count). The Labute approximate surface area is 109 Å². The van der Waals surface area contributed by atoms with Crippen molar-refractivity contribution in [3.05, 3.63) is 23.8 Å². The van der Waals surface area contributed by atoms with Crippen molar-refractivity contribution in [3.8, 4) is 0 Å². The number of benzene rings is 1. The summed E-state index contributed by atoms with van der Waals surface area (Å²) in [7, 11) is 2.15. The lowest BCUT2D eigenvalue weighted by Gasteiger charge is -2.37. The van der Waals surface area contributed by atoms with Crippen molar-refractivity contribution < 1.29 is 0 Å². The summed E-state index contributed by atoms with van der Waals surface area (Å²) in [5.74, 6) is 1.19. The zero-order valence-corrected chi connectivity index (χ0v) is 12.1. The average Bonchev–Trinajstić information content (AvgIpc) is 2.27. The molecule has 1 aromatic carbocycles. The van der Waals surface area contributed by atoms with Gasteiger partial charge in [-0.15, -0.1) is 0 Å². The highest BCUT2D eigenvalue weighted by Crippen LogP contribution is 2.38. The largest absolute Gasteiger partial charge is 0.368 e. The maximum absolute atomic E-state index is 3.65. The van der Waals surface area contributed by atoms with Gasteiger partial charge in [0.1, 0.15) is 0 Å². The lowest BCUT2D eigenvalue weighted by Crippen LogP contribution is -2.40. The first-order valence-corrected chi connectivity index (χ1v) is 7.07. The third-order valence-electron chi connectivity index (χ3n) is 3.24. The summed E-state index contributed by atoms with van der Waals surface area (Å²) in [6.45, 7) is 8.99. The van der Waals surface area contributed by atoms with Crippen LogP contribution in [0.3, 0.4) is 0 Å². The smallest absolute Gasteiger partial charge is 0.0911 e. The van der Waals surface area contributed by atoms with Crippen molar-refractivity contribution in [3.63, 3.8) is 0 Å². The maximum atomic E-state index is 3.65. The Morgan fingerprint density at radius 1 is 1.24 bits per heavy atom. The molecule has 94 valence electrons. The van der Waals surface area contributed by atoms with Crippen LogP contribution in [0.5, 0.6) is 0 Å². The van der Waals surface area contributed by atoms with E-state index in [2.05, 4.69) is 62.6 Å². The van der Waals surface area contributed by atoms with Crippen molar-refractivity contribution in [2.75, 3.05) is 12.4 Å². The van der Waals surface area contributed by atoms with Crippen molar-refractivity contribution in [1.82, 2.24) is 4.31 Å². The molecule has 3 heteroatoms. The molecule has 0 spiro atoms. The summed E-state index contributed by atoms with van der Waals surface area (Å²) < 4.78 is 2.31. The zero-order valence-electron chi connectivity index (χ0n) is 11.3. The average molecular weight is 250 g/mol. The Kier molecular flexibility index (Phi) is 3.69. The fourth-order valence-corrected chi connectivity index (χ4v) is 3.21. The summed E-state index contributed by atoms with van der Waals surface area (Å²) in [5.41, 5.74) is 2.70. The van der Waals surface area contributed by atoms with Gasteiger partial charge >= 0.3 is 0 Å². The first kappa shape index (κ1) is 12.8. The van der Waals surface area contributed by atoms with Gasteiger partial charge in [0.25, 0.3) is 0 Å². The van der Waals surface area contributed by atoms with Crippen molar-refractivity contribution >= 4 is 17.6 Å². The van der Waals surface area contributed by atoms with Crippen molar-refractivity contribution in [2.45, 2.75) is 44.7 Å². The third kappa shape index (κ3) is 2.61. The minimum Gasteiger partial charge on any atom is -0.368 e. The molecule has 1 heterocycles. The normalized spacial score (nSPS) is 20.5. The minimum absolute atomic E-state index is 0.412. The number of rotatable bonds is 2. The molecule has 0 bridgehead atoms. The molecule has 2 nitrogen and oxygen atoms in total. The molecule has 0 radical (unpaired) electrons. The second kappa shape index (κ2) is 4.91. The van der Waals surface area contributed by atoms with Crippen LogP contribution in [0.25, 0.3) is 0 Å². The van der Waals surface area contributed by atoms with E-state index >= 15 is 0 Å². The van der Waals surface area contributed by atoms with Gasteiger partial charge in [-0.2, -0.15) is 0 Å². The van der Waals surface area contributed by atoms with Gasteiger partial charge in [0.15, 0.2) is 0 Å². The molecule has 1 aromatic rings. The van der Waals surface area contributed by atoms with E-state index in [1.54, 1.807) is 0 Å². The van der Waals surface area contributed by atoms with Crippen LogP contribution in [0, 0.1) is 5.92 Å². The van der Waals surface area contributed by atoms with Gasteiger partial charge in [0, 0.05) is 4.90 Å². The fraction of sp³-hybridized carbons (Fsp3) is 0.571. The highest BCUT2D eigenvalue weighted by molar-refractivity contribution is 7.97. The summed E-state index contributed by atoms with van der Waals surface area (Å²) in [6, 6.07) is 6.77. The standard InChI is InChI=1S/C14H22N2S/c1-9(2)11-6-7-13-12(8-11)15-14(10(3)4)16(5)17-13/h6-10,14-15H,1-5H3.